The van der Waals surface area contributed by atoms with Crippen LogP contribution in [0.1, 0.15) is 26.3 Å². The number of nitrogen functional groups attached to an aromatic ring is 1. The van der Waals surface area contributed by atoms with E-state index in [0.29, 0.717) is 31.7 Å². The monoisotopic (exact) mass is 512 g/mol. The largest absolute Gasteiger partial charge is 0.444 e. The zero-order valence-electron chi connectivity index (χ0n) is 22.1. The fraction of sp³-hybridized carbons (Fsp3) is 0.310. The van der Waals surface area contributed by atoms with Gasteiger partial charge in [0.25, 0.3) is 5.56 Å². The third-order valence-corrected chi connectivity index (χ3v) is 6.61. The van der Waals surface area contributed by atoms with E-state index >= 15 is 0 Å². The minimum absolute atomic E-state index is 0.0977. The third kappa shape index (κ3) is 5.18. The Kier molecular flexibility index (Phi) is 6.52. The fourth-order valence-corrected chi connectivity index (χ4v) is 4.68. The number of anilines is 2. The predicted molar refractivity (Wildman–Crippen MR) is 150 cm³/mol. The highest BCUT2D eigenvalue weighted by Gasteiger charge is 2.26. The van der Waals surface area contributed by atoms with Crippen molar-refractivity contribution in [3.05, 3.63) is 76.8 Å². The molecule has 5 rings (SSSR count). The molecule has 38 heavy (non-hydrogen) atoms. The molecule has 2 N–H and O–H groups in total. The van der Waals surface area contributed by atoms with E-state index in [1.54, 1.807) is 21.9 Å². The molecule has 196 valence electrons. The number of rotatable bonds is 3. The zero-order chi connectivity index (χ0) is 27.0. The summed E-state index contributed by atoms with van der Waals surface area (Å²) in [5.41, 5.74) is 9.99. The number of fused-ring (bicyclic) bond motifs is 1. The highest BCUT2D eigenvalue weighted by Crippen LogP contribution is 2.25. The van der Waals surface area contributed by atoms with Gasteiger partial charge in [0.1, 0.15) is 5.60 Å². The zero-order valence-corrected chi connectivity index (χ0v) is 22.1. The molecule has 1 aliphatic heterocycles. The molecule has 0 spiro atoms. The molecule has 1 amide bonds. The van der Waals surface area contributed by atoms with Gasteiger partial charge in [-0.2, -0.15) is 0 Å². The maximum Gasteiger partial charge on any atom is 0.410 e. The van der Waals surface area contributed by atoms with E-state index in [2.05, 4.69) is 14.9 Å². The van der Waals surface area contributed by atoms with Crippen LogP contribution < -0.4 is 16.2 Å². The molecule has 2 aromatic heterocycles. The summed E-state index contributed by atoms with van der Waals surface area (Å²) in [6, 6.07) is 15.6. The molecular formula is C29H32N6O3. The van der Waals surface area contributed by atoms with Crippen LogP contribution in [0.4, 0.5) is 16.4 Å². The first-order valence-corrected chi connectivity index (χ1v) is 12.7. The third-order valence-electron chi connectivity index (χ3n) is 6.61. The Labute approximate surface area is 221 Å². The first kappa shape index (κ1) is 25.3. The van der Waals surface area contributed by atoms with Crippen molar-refractivity contribution in [3.8, 4) is 16.8 Å². The maximum absolute atomic E-state index is 13.6. The van der Waals surface area contributed by atoms with Crippen molar-refractivity contribution in [3.63, 3.8) is 0 Å². The molecule has 0 saturated carbocycles. The second-order valence-electron chi connectivity index (χ2n) is 10.5. The normalized spacial score (nSPS) is 14.1. The SMILES string of the molecule is Cc1ccn(-c2ccc(N3CCN(C(=O)OC(C)(C)C)CC3)cc2)c(=O)c1-c1ccc2nc(N)ncc2c1. The number of amides is 1. The number of pyridine rings is 1. The molecule has 4 aromatic rings. The molecule has 3 heterocycles. The Morgan fingerprint density at radius 1 is 0.974 bits per heavy atom. The van der Waals surface area contributed by atoms with Crippen molar-refractivity contribution in [1.29, 1.82) is 0 Å². The number of benzene rings is 2. The van der Waals surface area contributed by atoms with Crippen LogP contribution in [0.15, 0.2) is 65.7 Å². The number of hydrogen-bond acceptors (Lipinski definition) is 7. The molecule has 1 aliphatic rings. The Morgan fingerprint density at radius 3 is 2.34 bits per heavy atom. The molecule has 0 aliphatic carbocycles. The number of hydrogen-bond donors (Lipinski definition) is 1. The molecule has 9 nitrogen and oxygen atoms in total. The number of carbonyl (C=O) groups is 1. The van der Waals surface area contributed by atoms with E-state index in [4.69, 9.17) is 10.5 Å². The van der Waals surface area contributed by atoms with Gasteiger partial charge in [0.05, 0.1) is 11.1 Å². The lowest BCUT2D eigenvalue weighted by atomic mass is 10.0. The van der Waals surface area contributed by atoms with Crippen molar-refractivity contribution < 1.29 is 9.53 Å². The summed E-state index contributed by atoms with van der Waals surface area (Å²) >= 11 is 0. The first-order valence-electron chi connectivity index (χ1n) is 12.7. The van der Waals surface area contributed by atoms with Crippen LogP contribution in [0.2, 0.25) is 0 Å². The van der Waals surface area contributed by atoms with Gasteiger partial charge in [0, 0.05) is 55.3 Å². The van der Waals surface area contributed by atoms with E-state index in [1.807, 2.05) is 76.2 Å². The van der Waals surface area contributed by atoms with Crippen molar-refractivity contribution in [1.82, 2.24) is 19.4 Å². The standard InChI is InChI=1S/C29H32N6O3/c1-19-11-12-35(26(36)25(19)20-5-10-24-21(17-20)18-31-27(30)32-24)23-8-6-22(7-9-23)33-13-15-34(16-14-33)28(37)38-29(2,3)4/h5-12,17-18H,13-16H2,1-4H3,(H2,30,31,32). The Balaban J connectivity index is 1.35. The second kappa shape index (κ2) is 9.81. The highest BCUT2D eigenvalue weighted by molar-refractivity contribution is 5.85. The van der Waals surface area contributed by atoms with Crippen LogP contribution >= 0.6 is 0 Å². The predicted octanol–water partition coefficient (Wildman–Crippen LogP) is 4.40. The van der Waals surface area contributed by atoms with Crippen molar-refractivity contribution >= 4 is 28.6 Å². The Morgan fingerprint density at radius 2 is 1.66 bits per heavy atom. The average Bonchev–Trinajstić information content (AvgIpc) is 2.88. The molecule has 0 bridgehead atoms. The van der Waals surface area contributed by atoms with Gasteiger partial charge in [0.15, 0.2) is 0 Å². The van der Waals surface area contributed by atoms with Crippen LogP contribution in [0.25, 0.3) is 27.7 Å². The minimum atomic E-state index is -0.505. The quantitative estimate of drug-likeness (QED) is 0.434. The molecule has 0 radical (unpaired) electrons. The van der Waals surface area contributed by atoms with E-state index in [-0.39, 0.29) is 17.6 Å². The number of carbonyl (C=O) groups excluding carboxylic acids is 1. The topological polar surface area (TPSA) is 107 Å². The molecule has 0 unspecified atom stereocenters. The average molecular weight is 513 g/mol. The lowest BCUT2D eigenvalue weighted by Gasteiger charge is -2.36. The second-order valence-corrected chi connectivity index (χ2v) is 10.5. The van der Waals surface area contributed by atoms with Gasteiger partial charge in [-0.25, -0.2) is 14.8 Å². The molecule has 1 fully saturated rings. The van der Waals surface area contributed by atoms with Gasteiger partial charge in [-0.15, -0.1) is 0 Å². The Hall–Kier alpha value is -4.40. The number of ether oxygens (including phenoxy) is 1. The van der Waals surface area contributed by atoms with Gasteiger partial charge in [-0.3, -0.25) is 9.36 Å². The van der Waals surface area contributed by atoms with Crippen molar-refractivity contribution in [2.45, 2.75) is 33.3 Å². The summed E-state index contributed by atoms with van der Waals surface area (Å²) in [6.45, 7) is 10.2. The van der Waals surface area contributed by atoms with E-state index in [0.717, 1.165) is 33.4 Å². The minimum Gasteiger partial charge on any atom is -0.444 e. The van der Waals surface area contributed by atoms with Crippen LogP contribution in [0, 0.1) is 6.92 Å². The lowest BCUT2D eigenvalue weighted by molar-refractivity contribution is 0.0240. The lowest BCUT2D eigenvalue weighted by Crippen LogP contribution is -2.50. The van der Waals surface area contributed by atoms with E-state index in [9.17, 15) is 9.59 Å². The van der Waals surface area contributed by atoms with Crippen molar-refractivity contribution in [2.75, 3.05) is 36.8 Å². The number of nitrogens with two attached hydrogens (primary N) is 1. The van der Waals surface area contributed by atoms with E-state index in [1.165, 1.54) is 0 Å². The van der Waals surface area contributed by atoms with Gasteiger partial charge in [-0.05, 0) is 81.3 Å². The van der Waals surface area contributed by atoms with Gasteiger partial charge < -0.3 is 20.3 Å². The van der Waals surface area contributed by atoms with Gasteiger partial charge >= 0.3 is 6.09 Å². The number of aryl methyl sites for hydroxylation is 1. The van der Waals surface area contributed by atoms with Crippen molar-refractivity contribution in [2.24, 2.45) is 0 Å². The number of aromatic nitrogens is 3. The highest BCUT2D eigenvalue weighted by atomic mass is 16.6. The summed E-state index contributed by atoms with van der Waals surface area (Å²) in [4.78, 5) is 38.3. The van der Waals surface area contributed by atoms with Gasteiger partial charge in [-0.1, -0.05) is 6.07 Å². The van der Waals surface area contributed by atoms with Crippen LogP contribution in [0.3, 0.4) is 0 Å². The number of nitrogens with zero attached hydrogens (tertiary/aromatic N) is 5. The van der Waals surface area contributed by atoms with Crippen LogP contribution in [-0.4, -0.2) is 57.3 Å². The molecule has 9 heteroatoms. The Bertz CT molecular complexity index is 1550. The van der Waals surface area contributed by atoms with Crippen LogP contribution in [0.5, 0.6) is 0 Å². The van der Waals surface area contributed by atoms with Crippen LogP contribution in [-0.2, 0) is 4.74 Å². The maximum atomic E-state index is 13.6. The molecular weight excluding hydrogens is 480 g/mol. The summed E-state index contributed by atoms with van der Waals surface area (Å²) in [5, 5.41) is 0.821. The summed E-state index contributed by atoms with van der Waals surface area (Å²) < 4.78 is 7.16. The van der Waals surface area contributed by atoms with E-state index < -0.39 is 5.60 Å². The fourth-order valence-electron chi connectivity index (χ4n) is 4.68. The van der Waals surface area contributed by atoms with Gasteiger partial charge in [0.2, 0.25) is 5.95 Å². The summed E-state index contributed by atoms with van der Waals surface area (Å²) in [6.07, 6.45) is 3.20. The molecule has 2 aromatic carbocycles. The molecule has 1 saturated heterocycles. The smallest absolute Gasteiger partial charge is 0.410 e. The first-order chi connectivity index (χ1) is 18.1. The number of piperazine rings is 1. The summed E-state index contributed by atoms with van der Waals surface area (Å²) in [5.74, 6) is 0.219. The summed E-state index contributed by atoms with van der Waals surface area (Å²) in [7, 11) is 0. The molecule has 0 atom stereocenters.